The van der Waals surface area contributed by atoms with Gasteiger partial charge in [-0.3, -0.25) is 4.79 Å². The summed E-state index contributed by atoms with van der Waals surface area (Å²) in [5, 5.41) is 8.92. The molecule has 0 saturated heterocycles. The number of hydrogen-bond donors (Lipinski definition) is 1. The molecule has 1 N–H and O–H groups in total. The smallest absolute Gasteiger partial charge is 0.328 e. The van der Waals surface area contributed by atoms with Gasteiger partial charge in [-0.2, -0.15) is 0 Å². The number of carboxylic acids is 1. The van der Waals surface area contributed by atoms with Gasteiger partial charge in [-0.15, -0.1) is 0 Å². The first-order valence-electron chi connectivity index (χ1n) is 5.44. The second-order valence-corrected chi connectivity index (χ2v) is 4.31. The summed E-state index contributed by atoms with van der Waals surface area (Å²) in [4.78, 5) is 23.3. The molecule has 0 aliphatic carbocycles. The second-order valence-electron chi connectivity index (χ2n) is 3.91. The van der Waals surface area contributed by atoms with Crippen molar-refractivity contribution in [2.75, 3.05) is 20.7 Å². The summed E-state index contributed by atoms with van der Waals surface area (Å²) in [7, 11) is 3.23. The molecule has 0 unspecified atom stereocenters. The van der Waals surface area contributed by atoms with E-state index in [1.54, 1.807) is 32.3 Å². The standard InChI is InChI=1S/C13H14ClNO4/c1-15(2)11(16)8-19-13-9(6-7-12(17)18)4-3-5-10(13)14/h3-7H,8H2,1-2H3,(H,17,18)/b7-6+. The Morgan fingerprint density at radius 2 is 2.11 bits per heavy atom. The highest BCUT2D eigenvalue weighted by Crippen LogP contribution is 2.29. The number of likely N-dealkylation sites (N-methyl/N-ethyl adjacent to an activating group) is 1. The van der Waals surface area contributed by atoms with Crippen LogP contribution in [-0.2, 0) is 9.59 Å². The Balaban J connectivity index is 2.92. The number of ether oxygens (including phenoxy) is 1. The molecule has 0 saturated carbocycles. The maximum atomic E-state index is 11.5. The molecule has 19 heavy (non-hydrogen) atoms. The number of carboxylic acid groups (broad SMARTS) is 1. The van der Waals surface area contributed by atoms with Gasteiger partial charge in [-0.25, -0.2) is 4.79 Å². The zero-order valence-corrected chi connectivity index (χ0v) is 11.3. The number of rotatable bonds is 5. The summed E-state index contributed by atoms with van der Waals surface area (Å²) < 4.78 is 5.36. The van der Waals surface area contributed by atoms with E-state index in [0.29, 0.717) is 10.6 Å². The third-order valence-corrected chi connectivity index (χ3v) is 2.54. The molecule has 0 aromatic heterocycles. The number of carbonyl (C=O) groups is 2. The maximum Gasteiger partial charge on any atom is 0.328 e. The van der Waals surface area contributed by atoms with Crippen molar-refractivity contribution in [3.8, 4) is 5.75 Å². The van der Waals surface area contributed by atoms with E-state index in [2.05, 4.69) is 0 Å². The Morgan fingerprint density at radius 3 is 2.68 bits per heavy atom. The van der Waals surface area contributed by atoms with Crippen LogP contribution in [0.4, 0.5) is 0 Å². The molecule has 0 aliphatic heterocycles. The summed E-state index contributed by atoms with van der Waals surface area (Å²) >= 11 is 5.98. The maximum absolute atomic E-state index is 11.5. The van der Waals surface area contributed by atoms with Crippen LogP contribution >= 0.6 is 11.6 Å². The summed E-state index contributed by atoms with van der Waals surface area (Å²) in [5.74, 6) is -1.000. The average Bonchev–Trinajstić information content (AvgIpc) is 2.34. The predicted octanol–water partition coefficient (Wildman–Crippen LogP) is 1.90. The zero-order valence-electron chi connectivity index (χ0n) is 10.6. The SMILES string of the molecule is CN(C)C(=O)COc1c(Cl)cccc1/C=C/C(=O)O. The Morgan fingerprint density at radius 1 is 1.42 bits per heavy atom. The molecule has 1 aromatic rings. The Hall–Kier alpha value is -2.01. The summed E-state index contributed by atoms with van der Waals surface area (Å²) in [5.41, 5.74) is 0.501. The van der Waals surface area contributed by atoms with E-state index >= 15 is 0 Å². The second kappa shape index (κ2) is 6.80. The highest BCUT2D eigenvalue weighted by atomic mass is 35.5. The largest absolute Gasteiger partial charge is 0.482 e. The van der Waals surface area contributed by atoms with Gasteiger partial charge in [-0.05, 0) is 12.1 Å². The number of nitrogens with zero attached hydrogens (tertiary/aromatic N) is 1. The molecule has 1 aromatic carbocycles. The van der Waals surface area contributed by atoms with Crippen molar-refractivity contribution in [1.82, 2.24) is 4.90 Å². The van der Waals surface area contributed by atoms with Crippen LogP contribution in [0.5, 0.6) is 5.75 Å². The third kappa shape index (κ3) is 4.63. The van der Waals surface area contributed by atoms with E-state index < -0.39 is 5.97 Å². The molecule has 0 spiro atoms. The summed E-state index contributed by atoms with van der Waals surface area (Å²) in [6.45, 7) is -0.162. The van der Waals surface area contributed by atoms with Gasteiger partial charge in [0.25, 0.3) is 5.91 Å². The van der Waals surface area contributed by atoms with Gasteiger partial charge in [0.05, 0.1) is 5.02 Å². The van der Waals surface area contributed by atoms with Crippen molar-refractivity contribution < 1.29 is 19.4 Å². The van der Waals surface area contributed by atoms with Crippen LogP contribution in [0, 0.1) is 0 Å². The van der Waals surface area contributed by atoms with Crippen molar-refractivity contribution in [2.24, 2.45) is 0 Å². The van der Waals surface area contributed by atoms with Crippen molar-refractivity contribution >= 4 is 29.6 Å². The van der Waals surface area contributed by atoms with Crippen LogP contribution < -0.4 is 4.74 Å². The number of amides is 1. The molecule has 5 nitrogen and oxygen atoms in total. The lowest BCUT2D eigenvalue weighted by Gasteiger charge is -2.13. The number of halogens is 1. The van der Waals surface area contributed by atoms with Crippen LogP contribution in [0.15, 0.2) is 24.3 Å². The fourth-order valence-corrected chi connectivity index (χ4v) is 1.47. The number of carbonyl (C=O) groups excluding carboxylic acids is 1. The fraction of sp³-hybridized carbons (Fsp3) is 0.231. The van der Waals surface area contributed by atoms with Crippen LogP contribution in [0.2, 0.25) is 5.02 Å². The molecule has 0 heterocycles. The molecule has 1 amide bonds. The normalized spacial score (nSPS) is 10.5. The number of hydrogen-bond acceptors (Lipinski definition) is 3. The molecule has 0 fully saturated rings. The number of para-hydroxylation sites is 1. The molecule has 0 radical (unpaired) electrons. The molecule has 0 atom stereocenters. The van der Waals surface area contributed by atoms with Gasteiger partial charge in [0, 0.05) is 25.7 Å². The van der Waals surface area contributed by atoms with Crippen LogP contribution in [0.1, 0.15) is 5.56 Å². The Labute approximate surface area is 116 Å². The molecule has 0 bridgehead atoms. The van der Waals surface area contributed by atoms with E-state index in [9.17, 15) is 9.59 Å². The minimum Gasteiger partial charge on any atom is -0.482 e. The van der Waals surface area contributed by atoms with Gasteiger partial charge in [0.2, 0.25) is 0 Å². The van der Waals surface area contributed by atoms with Gasteiger partial charge < -0.3 is 14.7 Å². The van der Waals surface area contributed by atoms with Crippen molar-refractivity contribution in [1.29, 1.82) is 0 Å². The van der Waals surface area contributed by atoms with E-state index in [0.717, 1.165) is 6.08 Å². The third-order valence-electron chi connectivity index (χ3n) is 2.24. The molecule has 0 aliphatic rings. The molecular formula is C13H14ClNO4. The number of benzene rings is 1. The van der Waals surface area contributed by atoms with E-state index in [-0.39, 0.29) is 18.3 Å². The lowest BCUT2D eigenvalue weighted by atomic mass is 10.2. The van der Waals surface area contributed by atoms with Crippen LogP contribution in [0.3, 0.4) is 0 Å². The Kier molecular flexibility index (Phi) is 5.38. The van der Waals surface area contributed by atoms with Gasteiger partial charge in [0.1, 0.15) is 5.75 Å². The molecule has 1 rings (SSSR count). The van der Waals surface area contributed by atoms with E-state index in [1.165, 1.54) is 11.0 Å². The summed E-state index contributed by atoms with van der Waals surface area (Å²) in [6.07, 6.45) is 2.34. The quantitative estimate of drug-likeness (QED) is 0.838. The van der Waals surface area contributed by atoms with E-state index in [1.807, 2.05) is 0 Å². The first-order valence-corrected chi connectivity index (χ1v) is 5.82. The topological polar surface area (TPSA) is 66.8 Å². The Bertz CT molecular complexity index is 511. The average molecular weight is 284 g/mol. The highest BCUT2D eigenvalue weighted by Gasteiger charge is 2.10. The molecule has 102 valence electrons. The molecule has 6 heteroatoms. The summed E-state index contributed by atoms with van der Waals surface area (Å²) in [6, 6.07) is 4.93. The minimum atomic E-state index is -1.07. The fourth-order valence-electron chi connectivity index (χ4n) is 1.23. The first-order chi connectivity index (χ1) is 8.91. The van der Waals surface area contributed by atoms with Crippen LogP contribution in [0.25, 0.3) is 6.08 Å². The first kappa shape index (κ1) is 15.0. The van der Waals surface area contributed by atoms with Crippen LogP contribution in [-0.4, -0.2) is 42.6 Å². The van der Waals surface area contributed by atoms with E-state index in [4.69, 9.17) is 21.4 Å². The van der Waals surface area contributed by atoms with Gasteiger partial charge >= 0.3 is 5.97 Å². The van der Waals surface area contributed by atoms with Gasteiger partial charge in [0.15, 0.2) is 6.61 Å². The monoisotopic (exact) mass is 283 g/mol. The predicted molar refractivity (Wildman–Crippen MR) is 72.3 cm³/mol. The molecular weight excluding hydrogens is 270 g/mol. The van der Waals surface area contributed by atoms with Crippen molar-refractivity contribution in [3.05, 3.63) is 34.9 Å². The van der Waals surface area contributed by atoms with Crippen molar-refractivity contribution in [3.63, 3.8) is 0 Å². The lowest BCUT2D eigenvalue weighted by molar-refractivity contribution is -0.132. The minimum absolute atomic E-state index is 0.162. The van der Waals surface area contributed by atoms with Crippen molar-refractivity contribution in [2.45, 2.75) is 0 Å². The lowest BCUT2D eigenvalue weighted by Crippen LogP contribution is -2.27. The highest BCUT2D eigenvalue weighted by molar-refractivity contribution is 6.32. The van der Waals surface area contributed by atoms with Gasteiger partial charge in [-0.1, -0.05) is 23.7 Å². The zero-order chi connectivity index (χ0) is 14.4. The number of aliphatic carboxylic acids is 1.